The maximum absolute atomic E-state index is 14.0. The minimum absolute atomic E-state index is 0.000298. The van der Waals surface area contributed by atoms with Gasteiger partial charge >= 0.3 is 0 Å². The number of aliphatic hydroxyl groups excluding tert-OH is 7. The molecule has 2 saturated heterocycles. The lowest BCUT2D eigenvalue weighted by Gasteiger charge is -2.70. The number of allylic oxidation sites excluding steroid dienone is 2. The summed E-state index contributed by atoms with van der Waals surface area (Å²) in [6, 6.07) is 0. The summed E-state index contributed by atoms with van der Waals surface area (Å²) in [6.45, 7) is 13.9. The minimum atomic E-state index is -1.64. The van der Waals surface area contributed by atoms with Crippen molar-refractivity contribution >= 4 is 5.78 Å². The van der Waals surface area contributed by atoms with Crippen molar-refractivity contribution in [2.75, 3.05) is 19.8 Å². The van der Waals surface area contributed by atoms with E-state index in [-0.39, 0.29) is 47.6 Å². The van der Waals surface area contributed by atoms with Gasteiger partial charge in [-0.15, -0.1) is 0 Å². The van der Waals surface area contributed by atoms with Gasteiger partial charge in [-0.1, -0.05) is 39.3 Å². The summed E-state index contributed by atoms with van der Waals surface area (Å²) in [6.07, 6.45) is -5.08. The van der Waals surface area contributed by atoms with Crippen molar-refractivity contribution in [2.45, 2.75) is 173 Å². The summed E-state index contributed by atoms with van der Waals surface area (Å²) in [7, 11) is 0. The Hall–Kier alpha value is -1.07. The van der Waals surface area contributed by atoms with Crippen LogP contribution in [0.15, 0.2) is 11.6 Å². The fourth-order valence-electron chi connectivity index (χ4n) is 12.9. The van der Waals surface area contributed by atoms with Gasteiger partial charge in [-0.05, 0) is 106 Å². The highest BCUT2D eigenvalue weighted by molar-refractivity contribution is 5.86. The molecule has 310 valence electrons. The van der Waals surface area contributed by atoms with Crippen LogP contribution in [-0.4, -0.2) is 133 Å². The second kappa shape index (κ2) is 15.3. The third-order valence-corrected chi connectivity index (χ3v) is 15.9. The van der Waals surface area contributed by atoms with Gasteiger partial charge in [0.25, 0.3) is 0 Å². The molecule has 6 rings (SSSR count). The summed E-state index contributed by atoms with van der Waals surface area (Å²) in [5.41, 5.74) is -1.41. The summed E-state index contributed by atoms with van der Waals surface area (Å²) in [5.74, 6) is -0.0243. The Balaban J connectivity index is 1.18. The van der Waals surface area contributed by atoms with Gasteiger partial charge in [0.15, 0.2) is 12.6 Å². The van der Waals surface area contributed by atoms with Crippen LogP contribution in [0.2, 0.25) is 0 Å². The summed E-state index contributed by atoms with van der Waals surface area (Å²) < 4.78 is 23.6. The van der Waals surface area contributed by atoms with Crippen molar-refractivity contribution in [1.82, 2.24) is 0 Å². The lowest BCUT2D eigenvalue weighted by atomic mass is 9.35. The molecule has 4 aliphatic carbocycles. The van der Waals surface area contributed by atoms with E-state index in [2.05, 4.69) is 33.8 Å². The number of aliphatic hydroxyl groups is 8. The average Bonchev–Trinajstić information content (AvgIpc) is 3.39. The predicted octanol–water partition coefficient (Wildman–Crippen LogP) is 1.97. The summed E-state index contributed by atoms with van der Waals surface area (Å²) in [5, 5.41) is 86.3. The molecule has 0 radical (unpaired) electrons. The molecule has 0 aromatic rings. The Morgan fingerprint density at radius 1 is 0.870 bits per heavy atom. The quantitative estimate of drug-likeness (QED) is 0.118. The highest BCUT2D eigenvalue weighted by Crippen LogP contribution is 2.75. The molecule has 0 aromatic carbocycles. The number of fused-ring (bicyclic) bond motifs is 5. The van der Waals surface area contributed by atoms with E-state index in [1.807, 2.05) is 20.8 Å². The lowest BCUT2D eigenvalue weighted by Crippen LogP contribution is -2.67. The van der Waals surface area contributed by atoms with Crippen LogP contribution in [0.25, 0.3) is 0 Å². The molecule has 13 heteroatoms. The number of carbonyl (C=O) groups is 1. The van der Waals surface area contributed by atoms with Crippen molar-refractivity contribution in [3.05, 3.63) is 11.6 Å². The highest BCUT2D eigenvalue weighted by Gasteiger charge is 2.72. The lowest BCUT2D eigenvalue weighted by molar-refractivity contribution is -0.361. The molecule has 0 amide bonds. The second-order valence-corrected chi connectivity index (χ2v) is 19.4. The Kier molecular flexibility index (Phi) is 12.0. The molecule has 8 N–H and O–H groups in total. The van der Waals surface area contributed by atoms with Crippen molar-refractivity contribution in [1.29, 1.82) is 0 Å². The smallest absolute Gasteiger partial charge is 0.186 e. The van der Waals surface area contributed by atoms with Crippen molar-refractivity contribution in [3.8, 4) is 0 Å². The molecular formula is C41H68O13. The van der Waals surface area contributed by atoms with Gasteiger partial charge < -0.3 is 59.8 Å². The normalized spacial score (nSPS) is 50.0. The Labute approximate surface area is 320 Å². The monoisotopic (exact) mass is 768 g/mol. The molecule has 13 nitrogen and oxygen atoms in total. The fraction of sp³-hybridized carbons (Fsp3) is 0.927. The van der Waals surface area contributed by atoms with E-state index < -0.39 is 90.4 Å². The molecular weight excluding hydrogens is 700 g/mol. The Morgan fingerprint density at radius 3 is 2.20 bits per heavy atom. The van der Waals surface area contributed by atoms with Crippen LogP contribution < -0.4 is 0 Å². The van der Waals surface area contributed by atoms with Crippen LogP contribution in [-0.2, 0) is 23.7 Å². The van der Waals surface area contributed by atoms with E-state index in [0.717, 1.165) is 32.1 Å². The number of Topliss-reactive ketones (excluding diaryl/α,β-unsaturated/α-hetero) is 1. The molecule has 0 spiro atoms. The number of ketones is 1. The van der Waals surface area contributed by atoms with Gasteiger partial charge in [0, 0.05) is 24.4 Å². The standard InChI is InChI=1S/C41H68O13/c1-21(2)9-8-14-40(7,50)29-22-10-11-27-38(5,39(22,6)17-23(29)44)15-12-26-37(3,4)28(13-16-41(26,27)20-43)53-36-33(49)31(47)34(25(18-42)52-36)54-35-32(48)30(46)24(45)19-51-35/h9,22,24-36,42-43,45-50H,8,10-20H2,1-7H3/t22-,24+,25-,26+,27+,28?,29-,30+,31-,32-,33?,34-,35+,36+,38-,39-,40+,41-/m1/s1. The summed E-state index contributed by atoms with van der Waals surface area (Å²) in [4.78, 5) is 14.0. The molecule has 6 aliphatic rings. The zero-order chi connectivity index (χ0) is 39.8. The Bertz CT molecular complexity index is 1380. The average molecular weight is 769 g/mol. The van der Waals surface area contributed by atoms with Crippen LogP contribution in [0.4, 0.5) is 0 Å². The molecule has 2 heterocycles. The maximum Gasteiger partial charge on any atom is 0.186 e. The molecule has 2 aliphatic heterocycles. The van der Waals surface area contributed by atoms with Crippen molar-refractivity contribution < 1.29 is 64.6 Å². The van der Waals surface area contributed by atoms with Crippen LogP contribution in [0.3, 0.4) is 0 Å². The van der Waals surface area contributed by atoms with E-state index in [1.165, 1.54) is 5.57 Å². The highest BCUT2D eigenvalue weighted by atomic mass is 16.7. The van der Waals surface area contributed by atoms with Crippen LogP contribution in [0.1, 0.15) is 106 Å². The van der Waals surface area contributed by atoms with Gasteiger partial charge in [-0.25, -0.2) is 0 Å². The van der Waals surface area contributed by atoms with Gasteiger partial charge in [0.05, 0.1) is 24.9 Å². The first-order valence-electron chi connectivity index (χ1n) is 20.3. The van der Waals surface area contributed by atoms with Gasteiger partial charge in [-0.3, -0.25) is 4.79 Å². The van der Waals surface area contributed by atoms with Crippen molar-refractivity contribution in [2.24, 2.45) is 45.3 Å². The SMILES string of the molecule is CC(C)=CCC[C@](C)(O)[C@H]1C(=O)C[C@]2(C)[C@@H]1CC[C@@H]1[C@@]3(CO)CCC(O[C@@H]4O[C@H](CO)[C@@H](O[C@@H]5OC[C@H](O)[C@H](O)[C@H]5O)[C@H](O)C4O)C(C)(C)[C@@H]3CC[C@]12C. The van der Waals surface area contributed by atoms with E-state index in [4.69, 9.17) is 18.9 Å². The number of ether oxygens (including phenoxy) is 4. The van der Waals surface area contributed by atoms with Crippen molar-refractivity contribution in [3.63, 3.8) is 0 Å². The fourth-order valence-corrected chi connectivity index (χ4v) is 12.9. The number of rotatable bonds is 10. The molecule has 6 fully saturated rings. The van der Waals surface area contributed by atoms with Crippen LogP contribution in [0, 0.1) is 45.3 Å². The minimum Gasteiger partial charge on any atom is -0.396 e. The molecule has 0 aromatic heterocycles. The molecule has 18 atom stereocenters. The van der Waals surface area contributed by atoms with E-state index >= 15 is 0 Å². The van der Waals surface area contributed by atoms with Crippen LogP contribution >= 0.6 is 0 Å². The third kappa shape index (κ3) is 6.77. The topological polar surface area (TPSA) is 216 Å². The maximum atomic E-state index is 14.0. The largest absolute Gasteiger partial charge is 0.396 e. The molecule has 2 unspecified atom stereocenters. The first kappa shape index (κ1) is 42.5. The molecule has 4 saturated carbocycles. The van der Waals surface area contributed by atoms with E-state index in [0.29, 0.717) is 25.7 Å². The first-order chi connectivity index (χ1) is 25.2. The third-order valence-electron chi connectivity index (χ3n) is 15.9. The second-order valence-electron chi connectivity index (χ2n) is 19.4. The van der Waals surface area contributed by atoms with Crippen LogP contribution in [0.5, 0.6) is 0 Å². The molecule has 0 bridgehead atoms. The predicted molar refractivity (Wildman–Crippen MR) is 195 cm³/mol. The first-order valence-corrected chi connectivity index (χ1v) is 20.3. The zero-order valence-electron chi connectivity index (χ0n) is 33.3. The van der Waals surface area contributed by atoms with E-state index in [1.54, 1.807) is 0 Å². The summed E-state index contributed by atoms with van der Waals surface area (Å²) >= 11 is 0. The van der Waals surface area contributed by atoms with E-state index in [9.17, 15) is 45.6 Å². The van der Waals surface area contributed by atoms with Gasteiger partial charge in [0.1, 0.15) is 48.5 Å². The van der Waals surface area contributed by atoms with Gasteiger partial charge in [0.2, 0.25) is 0 Å². The zero-order valence-corrected chi connectivity index (χ0v) is 33.3. The number of carbonyl (C=O) groups excluding carboxylic acids is 1. The van der Waals surface area contributed by atoms with Gasteiger partial charge in [-0.2, -0.15) is 0 Å². The number of hydrogen-bond acceptors (Lipinski definition) is 13. The molecule has 54 heavy (non-hydrogen) atoms. The Morgan fingerprint density at radius 2 is 1.56 bits per heavy atom. The number of hydrogen-bond donors (Lipinski definition) is 8.